The van der Waals surface area contributed by atoms with Crippen LogP contribution < -0.4 is 10.1 Å². The highest BCUT2D eigenvalue weighted by molar-refractivity contribution is 5.99. The van der Waals surface area contributed by atoms with Crippen molar-refractivity contribution in [3.63, 3.8) is 0 Å². The highest BCUT2D eigenvalue weighted by Gasteiger charge is 2.28. The monoisotopic (exact) mass is 471 g/mol. The Morgan fingerprint density at radius 1 is 1.21 bits per heavy atom. The van der Waals surface area contributed by atoms with Crippen molar-refractivity contribution in [1.82, 2.24) is 9.80 Å². The smallest absolute Gasteiger partial charge is 0.257 e. The van der Waals surface area contributed by atoms with Gasteiger partial charge in [0.15, 0.2) is 0 Å². The Hall–Kier alpha value is -2.97. The van der Waals surface area contributed by atoms with Crippen LogP contribution in [0.3, 0.4) is 0 Å². The minimum Gasteiger partial charge on any atom is -0.491 e. The minimum absolute atomic E-state index is 0.0154. The summed E-state index contributed by atoms with van der Waals surface area (Å²) in [6, 6.07) is 11.7. The highest BCUT2D eigenvalue weighted by atomic mass is 19.1. The highest BCUT2D eigenvalue weighted by Crippen LogP contribution is 2.27. The Kier molecular flexibility index (Phi) is 8.63. The summed E-state index contributed by atoms with van der Waals surface area (Å²) in [4.78, 5) is 28.7. The van der Waals surface area contributed by atoms with Crippen LogP contribution in [-0.4, -0.2) is 67.6 Å². The number of fused-ring (bicyclic) bond motifs is 1. The van der Waals surface area contributed by atoms with Crippen LogP contribution in [0.2, 0.25) is 0 Å². The van der Waals surface area contributed by atoms with E-state index in [1.807, 2.05) is 6.07 Å². The van der Waals surface area contributed by atoms with E-state index in [4.69, 9.17) is 9.47 Å². The molecular weight excluding hydrogens is 437 g/mol. The zero-order valence-electron chi connectivity index (χ0n) is 20.5. The van der Waals surface area contributed by atoms with Crippen LogP contribution in [-0.2, 0) is 16.1 Å². The number of halogens is 1. The van der Waals surface area contributed by atoms with Gasteiger partial charge in [0.25, 0.3) is 5.91 Å². The molecule has 34 heavy (non-hydrogen) atoms. The molecule has 0 aromatic heterocycles. The van der Waals surface area contributed by atoms with E-state index in [1.165, 1.54) is 13.0 Å². The van der Waals surface area contributed by atoms with E-state index >= 15 is 0 Å². The molecule has 8 heteroatoms. The summed E-state index contributed by atoms with van der Waals surface area (Å²) in [5.41, 5.74) is 1.79. The molecule has 184 valence electrons. The van der Waals surface area contributed by atoms with Crippen molar-refractivity contribution in [2.45, 2.75) is 39.5 Å². The summed E-state index contributed by atoms with van der Waals surface area (Å²) in [6.45, 7) is 7.54. The SMILES string of the molecule is CO[C@@H]1CN(C)C(=O)c2cc(NC(C)=O)ccc2OC[C@@H](C)N(Cc2cccc(F)c2)C[C@@H]1C. The van der Waals surface area contributed by atoms with Crippen LogP contribution >= 0.6 is 0 Å². The first kappa shape index (κ1) is 25.6. The van der Waals surface area contributed by atoms with E-state index in [2.05, 4.69) is 24.1 Å². The van der Waals surface area contributed by atoms with Crippen LogP contribution in [0.25, 0.3) is 0 Å². The Morgan fingerprint density at radius 3 is 2.65 bits per heavy atom. The van der Waals surface area contributed by atoms with Crippen LogP contribution in [0, 0.1) is 11.7 Å². The van der Waals surface area contributed by atoms with Gasteiger partial charge in [0.05, 0.1) is 11.7 Å². The summed E-state index contributed by atoms with van der Waals surface area (Å²) < 4.78 is 25.7. The predicted octanol–water partition coefficient (Wildman–Crippen LogP) is 3.79. The van der Waals surface area contributed by atoms with E-state index < -0.39 is 0 Å². The van der Waals surface area contributed by atoms with E-state index in [0.29, 0.717) is 43.2 Å². The maximum absolute atomic E-state index is 13.8. The number of amides is 2. The third-order valence-corrected chi connectivity index (χ3v) is 6.17. The fraction of sp³-hybridized carbons (Fsp3) is 0.462. The third kappa shape index (κ3) is 6.55. The molecule has 0 saturated carbocycles. The third-order valence-electron chi connectivity index (χ3n) is 6.17. The largest absolute Gasteiger partial charge is 0.491 e. The number of nitrogens with one attached hydrogen (secondary N) is 1. The first-order valence-electron chi connectivity index (χ1n) is 11.5. The lowest BCUT2D eigenvalue weighted by molar-refractivity contribution is -0.114. The van der Waals surface area contributed by atoms with E-state index in [-0.39, 0.29) is 35.7 Å². The molecule has 1 aliphatic heterocycles. The number of anilines is 1. The van der Waals surface area contributed by atoms with Crippen molar-refractivity contribution in [2.24, 2.45) is 5.92 Å². The molecule has 1 N–H and O–H groups in total. The Morgan fingerprint density at radius 2 is 1.97 bits per heavy atom. The van der Waals surface area contributed by atoms with Gasteiger partial charge in [-0.3, -0.25) is 14.5 Å². The van der Waals surface area contributed by atoms with Crippen LogP contribution in [0.1, 0.15) is 36.7 Å². The second kappa shape index (κ2) is 11.4. The lowest BCUT2D eigenvalue weighted by Gasteiger charge is -2.36. The van der Waals surface area contributed by atoms with Gasteiger partial charge in [0, 0.05) is 52.4 Å². The van der Waals surface area contributed by atoms with Gasteiger partial charge in [-0.1, -0.05) is 19.1 Å². The molecular formula is C26H34FN3O4. The van der Waals surface area contributed by atoms with Gasteiger partial charge in [-0.2, -0.15) is 0 Å². The van der Waals surface area contributed by atoms with E-state index in [0.717, 1.165) is 5.56 Å². The maximum atomic E-state index is 13.8. The van der Waals surface area contributed by atoms with Gasteiger partial charge in [-0.15, -0.1) is 0 Å². The predicted molar refractivity (Wildman–Crippen MR) is 129 cm³/mol. The number of carbonyl (C=O) groups is 2. The minimum atomic E-state index is -0.261. The van der Waals surface area contributed by atoms with Crippen LogP contribution in [0.5, 0.6) is 5.75 Å². The van der Waals surface area contributed by atoms with Crippen molar-refractivity contribution < 1.29 is 23.5 Å². The maximum Gasteiger partial charge on any atom is 0.257 e. The standard InChI is InChI=1S/C26H34FN3O4/c1-17-13-30(14-20-7-6-8-21(27)11-20)18(2)16-34-24-10-9-22(28-19(3)31)12-23(24)26(32)29(4)15-25(17)33-5/h6-12,17-18,25H,13-16H2,1-5H3,(H,28,31)/t17-,18+,25+/m0/s1. The van der Waals surface area contributed by atoms with Crippen molar-refractivity contribution >= 4 is 17.5 Å². The molecule has 0 radical (unpaired) electrons. The van der Waals surface area contributed by atoms with Gasteiger partial charge in [-0.25, -0.2) is 4.39 Å². The molecule has 7 nitrogen and oxygen atoms in total. The zero-order chi connectivity index (χ0) is 24.8. The number of hydrogen-bond donors (Lipinski definition) is 1. The van der Waals surface area contributed by atoms with E-state index in [9.17, 15) is 14.0 Å². The van der Waals surface area contributed by atoms with Crippen molar-refractivity contribution in [2.75, 3.05) is 39.2 Å². The molecule has 0 saturated heterocycles. The van der Waals surface area contributed by atoms with E-state index in [1.54, 1.807) is 49.4 Å². The molecule has 2 amide bonds. The number of nitrogens with zero attached hydrogens (tertiary/aromatic N) is 2. The molecule has 2 aromatic rings. The topological polar surface area (TPSA) is 71.1 Å². The molecule has 3 atom stereocenters. The number of benzene rings is 2. The number of likely N-dealkylation sites (N-methyl/N-ethyl adjacent to an activating group) is 1. The first-order valence-corrected chi connectivity index (χ1v) is 11.5. The molecule has 0 unspecified atom stereocenters. The second-order valence-corrected chi connectivity index (χ2v) is 9.05. The van der Waals surface area contributed by atoms with Gasteiger partial charge in [0.1, 0.15) is 18.2 Å². The van der Waals surface area contributed by atoms with Crippen molar-refractivity contribution in [1.29, 1.82) is 0 Å². The summed E-state index contributed by atoms with van der Waals surface area (Å²) in [5, 5.41) is 2.72. The number of ether oxygens (including phenoxy) is 2. The number of methoxy groups -OCH3 is 1. The molecule has 0 bridgehead atoms. The van der Waals surface area contributed by atoms with Gasteiger partial charge < -0.3 is 19.7 Å². The summed E-state index contributed by atoms with van der Waals surface area (Å²) in [6.07, 6.45) is -0.196. The fourth-order valence-electron chi connectivity index (χ4n) is 4.22. The van der Waals surface area contributed by atoms with Crippen LogP contribution in [0.15, 0.2) is 42.5 Å². The van der Waals surface area contributed by atoms with Gasteiger partial charge >= 0.3 is 0 Å². The van der Waals surface area contributed by atoms with Crippen LogP contribution in [0.4, 0.5) is 10.1 Å². The Bertz CT molecular complexity index is 1020. The molecule has 2 aromatic carbocycles. The second-order valence-electron chi connectivity index (χ2n) is 9.05. The molecule has 0 fully saturated rings. The average Bonchev–Trinajstić information content (AvgIpc) is 2.79. The normalized spacial score (nSPS) is 22.2. The number of hydrogen-bond acceptors (Lipinski definition) is 5. The number of carbonyl (C=O) groups excluding carboxylic acids is 2. The van der Waals surface area contributed by atoms with Crippen molar-refractivity contribution in [3.8, 4) is 5.75 Å². The summed E-state index contributed by atoms with van der Waals surface area (Å²) in [5.74, 6) is -0.138. The van der Waals surface area contributed by atoms with Gasteiger partial charge in [-0.05, 0) is 48.7 Å². The quantitative estimate of drug-likeness (QED) is 0.735. The Labute approximate surface area is 200 Å². The molecule has 1 heterocycles. The number of rotatable bonds is 4. The average molecular weight is 472 g/mol. The lowest BCUT2D eigenvalue weighted by Crippen LogP contribution is -2.46. The molecule has 1 aliphatic rings. The van der Waals surface area contributed by atoms with Gasteiger partial charge in [0.2, 0.25) is 5.91 Å². The van der Waals surface area contributed by atoms with Crippen molar-refractivity contribution in [3.05, 3.63) is 59.4 Å². The summed E-state index contributed by atoms with van der Waals surface area (Å²) in [7, 11) is 3.38. The lowest BCUT2D eigenvalue weighted by atomic mass is 10.0. The molecule has 0 aliphatic carbocycles. The molecule has 0 spiro atoms. The first-order chi connectivity index (χ1) is 16.2. The Balaban J connectivity index is 1.94. The fourth-order valence-corrected chi connectivity index (χ4v) is 4.22. The zero-order valence-corrected chi connectivity index (χ0v) is 20.5. The summed E-state index contributed by atoms with van der Waals surface area (Å²) >= 11 is 0. The molecule has 3 rings (SSSR count).